The third kappa shape index (κ3) is 4.93. The lowest BCUT2D eigenvalue weighted by atomic mass is 9.90. The van der Waals surface area contributed by atoms with E-state index in [1.807, 2.05) is 6.92 Å². The topological polar surface area (TPSA) is 125 Å². The van der Waals surface area contributed by atoms with Crippen molar-refractivity contribution in [2.24, 2.45) is 0 Å². The predicted molar refractivity (Wildman–Crippen MR) is 140 cm³/mol. The van der Waals surface area contributed by atoms with Gasteiger partial charge in [0, 0.05) is 42.4 Å². The molecule has 6 rings (SSSR count). The van der Waals surface area contributed by atoms with Crippen molar-refractivity contribution in [1.29, 1.82) is 0 Å². The average molecular weight is 575 g/mol. The van der Waals surface area contributed by atoms with Crippen LogP contribution in [0.3, 0.4) is 0 Å². The number of urea groups is 1. The van der Waals surface area contributed by atoms with Gasteiger partial charge in [0.15, 0.2) is 0 Å². The van der Waals surface area contributed by atoms with E-state index in [-0.39, 0.29) is 29.7 Å². The van der Waals surface area contributed by atoms with Gasteiger partial charge in [0.1, 0.15) is 5.82 Å². The first-order valence-electron chi connectivity index (χ1n) is 12.9. The molecule has 1 saturated heterocycles. The number of hydrogen-bond acceptors (Lipinski definition) is 5. The number of H-pyrrole nitrogens is 2. The molecule has 1 aromatic carbocycles. The number of carbonyl (C=O) groups is 1. The van der Waals surface area contributed by atoms with Crippen molar-refractivity contribution in [2.45, 2.75) is 57.3 Å². The molecule has 2 amide bonds. The molecule has 0 unspecified atom stereocenters. The van der Waals surface area contributed by atoms with Crippen LogP contribution in [0.2, 0.25) is 5.02 Å². The number of halogens is 4. The maximum absolute atomic E-state index is 13.4. The number of aromatic amines is 2. The molecule has 0 radical (unpaired) electrons. The van der Waals surface area contributed by atoms with Crippen LogP contribution in [0.25, 0.3) is 10.9 Å². The minimum Gasteiger partial charge on any atom is -0.328 e. The van der Waals surface area contributed by atoms with Crippen molar-refractivity contribution < 1.29 is 18.0 Å². The number of hydrogen-bond donors (Lipinski definition) is 3. The Labute approximate surface area is 230 Å². The van der Waals surface area contributed by atoms with Gasteiger partial charge in [0.25, 0.3) is 5.56 Å². The molecule has 0 spiro atoms. The quantitative estimate of drug-likeness (QED) is 0.339. The number of nitrogens with one attached hydrogen (secondary N) is 3. The number of amides is 2. The van der Waals surface area contributed by atoms with E-state index in [0.29, 0.717) is 54.3 Å². The number of fused-ring (bicyclic) bond motifs is 4. The van der Waals surface area contributed by atoms with E-state index in [4.69, 9.17) is 11.6 Å². The fourth-order valence-corrected chi connectivity index (χ4v) is 6.11. The molecule has 4 aromatic rings. The molecule has 40 heavy (non-hydrogen) atoms. The predicted octanol–water partition coefficient (Wildman–Crippen LogP) is 4.14. The summed E-state index contributed by atoms with van der Waals surface area (Å²) in [5.41, 5.74) is 3.36. The van der Waals surface area contributed by atoms with Gasteiger partial charge in [-0.1, -0.05) is 11.6 Å². The first-order valence-corrected chi connectivity index (χ1v) is 13.3. The SMILES string of the molecule is Cc1cc(C2CCN(C(=O)N[C@@H]3Cc4cc(Cl)c5[nH]ncc5c4Cn4c(CC(F)(F)F)cnc43)CC2)c(=O)[nH]n1. The lowest BCUT2D eigenvalue weighted by Gasteiger charge is -2.33. The van der Waals surface area contributed by atoms with E-state index < -0.39 is 18.6 Å². The molecule has 2 aliphatic rings. The van der Waals surface area contributed by atoms with Crippen LogP contribution in [0.1, 0.15) is 58.7 Å². The Morgan fingerprint density at radius 2 is 1.98 bits per heavy atom. The van der Waals surface area contributed by atoms with Gasteiger partial charge in [-0.15, -0.1) is 0 Å². The van der Waals surface area contributed by atoms with Crippen molar-refractivity contribution in [3.63, 3.8) is 0 Å². The van der Waals surface area contributed by atoms with Gasteiger partial charge >= 0.3 is 12.2 Å². The molecule has 3 N–H and O–H groups in total. The molecule has 3 aromatic heterocycles. The standard InChI is InChI=1S/C26H26ClF3N8O2/c1-13-6-17(24(39)36-34-13)14-2-4-37(5-3-14)25(40)33-21-8-15-7-20(27)22-18(11-32-35-22)19(15)12-38-16(9-26(28,29)30)10-31-23(21)38/h6-7,10-11,14,21H,2-5,8-9,12H2,1H3,(H,32,35)(H,33,40)(H,36,39)/t21-/m1/s1. The van der Waals surface area contributed by atoms with E-state index in [0.717, 1.165) is 22.2 Å². The Bertz CT molecular complexity index is 1650. The lowest BCUT2D eigenvalue weighted by Crippen LogP contribution is -2.46. The van der Waals surface area contributed by atoms with Crippen molar-refractivity contribution in [2.75, 3.05) is 13.1 Å². The number of benzene rings is 1. The average Bonchev–Trinajstić information content (AvgIpc) is 3.51. The van der Waals surface area contributed by atoms with Gasteiger partial charge in [-0.3, -0.25) is 9.89 Å². The van der Waals surface area contributed by atoms with Gasteiger partial charge in [-0.05, 0) is 48.9 Å². The van der Waals surface area contributed by atoms with Gasteiger partial charge in [-0.25, -0.2) is 14.9 Å². The van der Waals surface area contributed by atoms with Crippen molar-refractivity contribution >= 4 is 28.5 Å². The minimum absolute atomic E-state index is 0.00240. The second-order valence-corrected chi connectivity index (χ2v) is 10.8. The lowest BCUT2D eigenvalue weighted by molar-refractivity contribution is -0.128. The number of alkyl halides is 3. The Morgan fingerprint density at radius 3 is 2.73 bits per heavy atom. The molecule has 5 heterocycles. The van der Waals surface area contributed by atoms with Crippen molar-refractivity contribution in [3.8, 4) is 0 Å². The van der Waals surface area contributed by atoms with Gasteiger partial charge < -0.3 is 14.8 Å². The molecule has 14 heteroatoms. The molecular weight excluding hydrogens is 549 g/mol. The van der Waals surface area contributed by atoms with E-state index >= 15 is 0 Å². The van der Waals surface area contributed by atoms with E-state index in [1.165, 1.54) is 10.8 Å². The molecule has 0 bridgehead atoms. The molecule has 0 aliphatic carbocycles. The summed E-state index contributed by atoms with van der Waals surface area (Å²) in [7, 11) is 0. The number of rotatable bonds is 3. The first kappa shape index (κ1) is 26.4. The second-order valence-electron chi connectivity index (χ2n) is 10.4. The summed E-state index contributed by atoms with van der Waals surface area (Å²) in [5.74, 6) is 0.354. The normalized spacial score (nSPS) is 17.9. The van der Waals surface area contributed by atoms with Gasteiger partial charge in [0.2, 0.25) is 0 Å². The van der Waals surface area contributed by atoms with Crippen LogP contribution >= 0.6 is 11.6 Å². The molecular formula is C26H26ClF3N8O2. The van der Waals surface area contributed by atoms with Gasteiger partial charge in [-0.2, -0.15) is 23.4 Å². The van der Waals surface area contributed by atoms with E-state index in [2.05, 4.69) is 30.7 Å². The summed E-state index contributed by atoms with van der Waals surface area (Å²) in [6.07, 6.45) is -1.22. The third-order valence-corrected chi connectivity index (χ3v) is 8.07. The number of aryl methyl sites for hydroxylation is 1. The van der Waals surface area contributed by atoms with Crippen LogP contribution in [0, 0.1) is 6.92 Å². The summed E-state index contributed by atoms with van der Waals surface area (Å²) in [6, 6.07) is 2.53. The Kier molecular flexibility index (Phi) is 6.56. The second kappa shape index (κ2) is 9.95. The summed E-state index contributed by atoms with van der Waals surface area (Å²) in [5, 5.41) is 17.5. The van der Waals surface area contributed by atoms with Crippen LogP contribution in [0.4, 0.5) is 18.0 Å². The maximum atomic E-state index is 13.4. The number of piperidine rings is 1. The highest BCUT2D eigenvalue weighted by molar-refractivity contribution is 6.35. The zero-order valence-electron chi connectivity index (χ0n) is 21.5. The highest BCUT2D eigenvalue weighted by Crippen LogP contribution is 2.36. The van der Waals surface area contributed by atoms with Crippen LogP contribution in [0.15, 0.2) is 29.3 Å². The summed E-state index contributed by atoms with van der Waals surface area (Å²) >= 11 is 6.49. The minimum atomic E-state index is -4.42. The molecule has 2 aliphatic heterocycles. The molecule has 0 saturated carbocycles. The van der Waals surface area contributed by atoms with E-state index in [1.54, 1.807) is 23.2 Å². The highest BCUT2D eigenvalue weighted by Gasteiger charge is 2.35. The Morgan fingerprint density at radius 1 is 1.20 bits per heavy atom. The van der Waals surface area contributed by atoms with Crippen LogP contribution in [-0.4, -0.2) is 60.1 Å². The summed E-state index contributed by atoms with van der Waals surface area (Å²) in [4.78, 5) is 31.7. The Balaban J connectivity index is 1.27. The summed E-state index contributed by atoms with van der Waals surface area (Å²) < 4.78 is 41.8. The summed E-state index contributed by atoms with van der Waals surface area (Å²) in [6.45, 7) is 2.80. The molecule has 1 fully saturated rings. The molecule has 1 atom stereocenters. The zero-order chi connectivity index (χ0) is 28.2. The van der Waals surface area contributed by atoms with Crippen LogP contribution < -0.4 is 10.9 Å². The molecule has 10 nitrogen and oxygen atoms in total. The van der Waals surface area contributed by atoms with Crippen LogP contribution in [-0.2, 0) is 19.4 Å². The largest absolute Gasteiger partial charge is 0.394 e. The molecule has 210 valence electrons. The van der Waals surface area contributed by atoms with Crippen LogP contribution in [0.5, 0.6) is 0 Å². The fraction of sp³-hybridized carbons (Fsp3) is 0.423. The first-order chi connectivity index (χ1) is 19.1. The third-order valence-electron chi connectivity index (χ3n) is 7.77. The smallest absolute Gasteiger partial charge is 0.328 e. The number of aromatic nitrogens is 6. The fourth-order valence-electron chi connectivity index (χ4n) is 5.83. The van der Waals surface area contributed by atoms with E-state index in [9.17, 15) is 22.8 Å². The number of nitrogens with zero attached hydrogens (tertiary/aromatic N) is 5. The highest BCUT2D eigenvalue weighted by atomic mass is 35.5. The number of likely N-dealkylation sites (tertiary alicyclic amines) is 1. The maximum Gasteiger partial charge on any atom is 0.394 e. The van der Waals surface area contributed by atoms with Crippen molar-refractivity contribution in [1.82, 2.24) is 40.2 Å². The monoisotopic (exact) mass is 574 g/mol. The number of carbonyl (C=O) groups excluding carboxylic acids is 1. The Hall–Kier alpha value is -3.87. The number of imidazole rings is 1. The zero-order valence-corrected chi connectivity index (χ0v) is 22.2. The van der Waals surface area contributed by atoms with Crippen molar-refractivity contribution in [3.05, 3.63) is 73.8 Å². The van der Waals surface area contributed by atoms with Gasteiger partial charge in [0.05, 0.1) is 41.4 Å².